The highest BCUT2D eigenvalue weighted by atomic mass is 35.5. The lowest BCUT2D eigenvalue weighted by Crippen LogP contribution is -2.39. The first-order chi connectivity index (χ1) is 14.5. The van der Waals surface area contributed by atoms with E-state index in [9.17, 15) is 19.6 Å². The minimum absolute atomic E-state index is 0.0505. The van der Waals surface area contributed by atoms with E-state index in [4.69, 9.17) is 11.6 Å². The number of fused-ring (bicyclic) bond motifs is 1. The number of aromatic carboxylic acids is 1. The topological polar surface area (TPSA) is 101 Å². The fourth-order valence-electron chi connectivity index (χ4n) is 3.84. The van der Waals surface area contributed by atoms with Gasteiger partial charge in [-0.15, -0.1) is 16.5 Å². The van der Waals surface area contributed by atoms with Crippen molar-refractivity contribution in [3.63, 3.8) is 0 Å². The lowest BCUT2D eigenvalue weighted by atomic mass is 9.99. The van der Waals surface area contributed by atoms with Crippen LogP contribution in [0.2, 0.25) is 0 Å². The lowest BCUT2D eigenvalue weighted by Gasteiger charge is -2.28. The number of nitrogens with one attached hydrogen (secondary N) is 1. The Kier molecular flexibility index (Phi) is 5.37. The molecule has 0 bridgehead atoms. The smallest absolute Gasteiger partial charge is 0.335 e. The molecule has 3 aromatic rings. The van der Waals surface area contributed by atoms with Crippen LogP contribution in [-0.2, 0) is 0 Å². The Hall–Kier alpha value is -3.45. The second-order valence-electron chi connectivity index (χ2n) is 7.03. The molecule has 1 amide bonds. The van der Waals surface area contributed by atoms with Gasteiger partial charge in [0.1, 0.15) is 11.4 Å². The zero-order valence-corrected chi connectivity index (χ0v) is 16.6. The highest BCUT2D eigenvalue weighted by Crippen LogP contribution is 2.40. The predicted octanol–water partition coefficient (Wildman–Crippen LogP) is 4.83. The number of nitrogens with zero attached hydrogens (tertiary/aromatic N) is 2. The molecule has 0 fully saturated rings. The Morgan fingerprint density at radius 1 is 1.17 bits per heavy atom. The Balaban J connectivity index is 1.98. The van der Waals surface area contributed by atoms with E-state index in [-0.39, 0.29) is 23.2 Å². The molecule has 1 aliphatic rings. The summed E-state index contributed by atoms with van der Waals surface area (Å²) in [6.07, 6.45) is 0.652. The SMILES string of the molecule is O=Nc1cccc(-c2cc3n(c2-c2ccc(C(=O)O)cc2)C(CCCl)CNC3=O)c1. The summed E-state index contributed by atoms with van der Waals surface area (Å²) in [5.41, 5.74) is 3.99. The molecule has 1 atom stereocenters. The van der Waals surface area contributed by atoms with Crippen LogP contribution in [0.3, 0.4) is 0 Å². The first kappa shape index (κ1) is 19.8. The summed E-state index contributed by atoms with van der Waals surface area (Å²) in [6, 6.07) is 15.1. The van der Waals surface area contributed by atoms with Crippen molar-refractivity contribution in [2.45, 2.75) is 12.5 Å². The van der Waals surface area contributed by atoms with Crippen LogP contribution in [0.15, 0.2) is 59.8 Å². The summed E-state index contributed by atoms with van der Waals surface area (Å²) in [5.74, 6) is -0.779. The first-order valence-electron chi connectivity index (χ1n) is 9.40. The predicted molar refractivity (Wildman–Crippen MR) is 114 cm³/mol. The Morgan fingerprint density at radius 2 is 1.93 bits per heavy atom. The maximum absolute atomic E-state index is 12.6. The summed E-state index contributed by atoms with van der Waals surface area (Å²) < 4.78 is 1.97. The molecule has 0 saturated carbocycles. The van der Waals surface area contributed by atoms with Crippen molar-refractivity contribution < 1.29 is 14.7 Å². The second kappa shape index (κ2) is 8.12. The van der Waals surface area contributed by atoms with Gasteiger partial charge in [-0.3, -0.25) is 4.79 Å². The van der Waals surface area contributed by atoms with Crippen molar-refractivity contribution in [1.82, 2.24) is 9.88 Å². The van der Waals surface area contributed by atoms with E-state index in [1.807, 2.05) is 10.6 Å². The van der Waals surface area contributed by atoms with Crippen LogP contribution in [0.5, 0.6) is 0 Å². The van der Waals surface area contributed by atoms with Gasteiger partial charge in [0, 0.05) is 18.0 Å². The molecule has 4 rings (SSSR count). The van der Waals surface area contributed by atoms with Crippen molar-refractivity contribution in [2.24, 2.45) is 5.18 Å². The molecule has 152 valence electrons. The first-order valence-corrected chi connectivity index (χ1v) is 9.94. The normalized spacial score (nSPS) is 15.4. The van der Waals surface area contributed by atoms with Gasteiger partial charge in [-0.05, 0) is 53.1 Å². The van der Waals surface area contributed by atoms with Crippen molar-refractivity contribution in [3.05, 3.63) is 70.8 Å². The number of hydrogen-bond acceptors (Lipinski definition) is 4. The van der Waals surface area contributed by atoms with Gasteiger partial charge in [-0.25, -0.2) is 4.79 Å². The summed E-state index contributed by atoms with van der Waals surface area (Å²) in [5, 5.41) is 15.1. The van der Waals surface area contributed by atoms with Crippen LogP contribution in [-0.4, -0.2) is 34.0 Å². The maximum Gasteiger partial charge on any atom is 0.335 e. The van der Waals surface area contributed by atoms with Gasteiger partial charge in [-0.1, -0.05) is 24.3 Å². The van der Waals surface area contributed by atoms with Crippen LogP contribution < -0.4 is 5.32 Å². The van der Waals surface area contributed by atoms with Crippen LogP contribution >= 0.6 is 11.6 Å². The van der Waals surface area contributed by atoms with E-state index in [2.05, 4.69) is 10.5 Å². The number of hydrogen-bond donors (Lipinski definition) is 2. The van der Waals surface area contributed by atoms with E-state index in [1.54, 1.807) is 36.4 Å². The number of carboxylic acid groups (broad SMARTS) is 1. The van der Waals surface area contributed by atoms with E-state index in [1.165, 1.54) is 12.1 Å². The summed E-state index contributed by atoms with van der Waals surface area (Å²) >= 11 is 6.02. The molecule has 1 aromatic heterocycles. The third-order valence-corrected chi connectivity index (χ3v) is 5.46. The van der Waals surface area contributed by atoms with Crippen molar-refractivity contribution in [2.75, 3.05) is 12.4 Å². The van der Waals surface area contributed by atoms with E-state index >= 15 is 0 Å². The minimum atomic E-state index is -1.01. The number of rotatable bonds is 6. The third kappa shape index (κ3) is 3.48. The molecular formula is C22H18ClN3O4. The monoisotopic (exact) mass is 423 g/mol. The molecule has 0 spiro atoms. The summed E-state index contributed by atoms with van der Waals surface area (Å²) in [7, 11) is 0. The molecule has 0 saturated heterocycles. The quantitative estimate of drug-likeness (QED) is 0.438. The molecule has 7 nitrogen and oxygen atoms in total. The van der Waals surface area contributed by atoms with Crippen LogP contribution in [0.1, 0.15) is 33.3 Å². The molecule has 2 aromatic carbocycles. The Labute approximate surface area is 177 Å². The van der Waals surface area contributed by atoms with E-state index in [0.29, 0.717) is 24.5 Å². The van der Waals surface area contributed by atoms with E-state index < -0.39 is 5.97 Å². The average Bonchev–Trinajstić information content (AvgIpc) is 3.17. The van der Waals surface area contributed by atoms with Crippen LogP contribution in [0.4, 0.5) is 5.69 Å². The zero-order chi connectivity index (χ0) is 21.3. The molecule has 1 unspecified atom stereocenters. The number of aromatic nitrogens is 1. The van der Waals surface area contributed by atoms with Gasteiger partial charge >= 0.3 is 5.97 Å². The zero-order valence-electron chi connectivity index (χ0n) is 15.8. The van der Waals surface area contributed by atoms with Crippen LogP contribution in [0, 0.1) is 4.91 Å². The molecular weight excluding hydrogens is 406 g/mol. The van der Waals surface area contributed by atoms with Gasteiger partial charge in [0.25, 0.3) is 5.91 Å². The molecule has 0 radical (unpaired) electrons. The Bertz CT molecular complexity index is 1140. The number of carbonyl (C=O) groups is 2. The maximum atomic E-state index is 12.6. The Morgan fingerprint density at radius 3 is 2.60 bits per heavy atom. The number of benzene rings is 2. The number of amides is 1. The van der Waals surface area contributed by atoms with Gasteiger partial charge in [-0.2, -0.15) is 0 Å². The van der Waals surface area contributed by atoms with Gasteiger partial charge < -0.3 is 15.0 Å². The fraction of sp³-hybridized carbons (Fsp3) is 0.182. The summed E-state index contributed by atoms with van der Waals surface area (Å²) in [4.78, 5) is 34.9. The van der Waals surface area contributed by atoms with Crippen molar-refractivity contribution in [1.29, 1.82) is 0 Å². The van der Waals surface area contributed by atoms with Crippen molar-refractivity contribution in [3.8, 4) is 22.4 Å². The molecule has 30 heavy (non-hydrogen) atoms. The molecule has 0 aliphatic carbocycles. The van der Waals surface area contributed by atoms with Crippen LogP contribution in [0.25, 0.3) is 22.4 Å². The lowest BCUT2D eigenvalue weighted by molar-refractivity contribution is 0.0696. The standard InChI is InChI=1S/C22H18ClN3O4/c23-9-8-17-12-24-21(27)19-11-18(15-2-1-3-16(10-15)25-30)20(26(17)19)13-4-6-14(7-5-13)22(28)29/h1-7,10-11,17H,8-9,12H2,(H,24,27)(H,28,29). The molecule has 1 aliphatic heterocycles. The highest BCUT2D eigenvalue weighted by molar-refractivity contribution is 6.17. The number of carbonyl (C=O) groups excluding carboxylic acids is 1. The average molecular weight is 424 g/mol. The number of nitroso groups, excluding NO2 is 1. The molecule has 8 heteroatoms. The van der Waals surface area contributed by atoms with Crippen molar-refractivity contribution >= 4 is 29.2 Å². The number of halogens is 1. The molecule has 2 N–H and O–H groups in total. The second-order valence-corrected chi connectivity index (χ2v) is 7.41. The highest BCUT2D eigenvalue weighted by Gasteiger charge is 2.30. The number of alkyl halides is 1. The van der Waals surface area contributed by atoms with Gasteiger partial charge in [0.05, 0.1) is 17.3 Å². The van der Waals surface area contributed by atoms with Gasteiger partial charge in [0.15, 0.2) is 0 Å². The third-order valence-electron chi connectivity index (χ3n) is 5.24. The minimum Gasteiger partial charge on any atom is -0.478 e. The van der Waals surface area contributed by atoms with Gasteiger partial charge in [0.2, 0.25) is 0 Å². The summed E-state index contributed by atoms with van der Waals surface area (Å²) in [6.45, 7) is 0.447. The number of carboxylic acids is 1. The largest absolute Gasteiger partial charge is 0.478 e. The van der Waals surface area contributed by atoms with E-state index in [0.717, 1.165) is 22.4 Å². The fourth-order valence-corrected chi connectivity index (χ4v) is 4.10. The molecule has 2 heterocycles.